The summed E-state index contributed by atoms with van der Waals surface area (Å²) in [5.41, 5.74) is 1.10. The van der Waals surface area contributed by atoms with Crippen LogP contribution in [0.3, 0.4) is 0 Å². The number of nitrogens with one attached hydrogen (secondary N) is 1. The first-order valence-corrected chi connectivity index (χ1v) is 10.5. The molecule has 2 N–H and O–H groups in total. The summed E-state index contributed by atoms with van der Waals surface area (Å²) in [6.45, 7) is 7.73. The summed E-state index contributed by atoms with van der Waals surface area (Å²) in [7, 11) is 0. The van der Waals surface area contributed by atoms with Gasteiger partial charge in [0.05, 0.1) is 46.7 Å². The van der Waals surface area contributed by atoms with Crippen LogP contribution in [-0.4, -0.2) is 27.3 Å². The number of thiophene rings is 1. The maximum absolute atomic E-state index is 9.73. The number of hydrogen-bond acceptors (Lipinski definition) is 7. The van der Waals surface area contributed by atoms with E-state index in [2.05, 4.69) is 21.4 Å². The Labute approximate surface area is 181 Å². The fourth-order valence-corrected chi connectivity index (χ4v) is 3.59. The molecule has 0 fully saturated rings. The van der Waals surface area contributed by atoms with Crippen molar-refractivity contribution in [2.24, 2.45) is 0 Å². The number of pyridine rings is 2. The third-order valence-electron chi connectivity index (χ3n) is 4.34. The van der Waals surface area contributed by atoms with Gasteiger partial charge in [-0.15, -0.1) is 11.3 Å². The van der Waals surface area contributed by atoms with Crippen LogP contribution in [0.25, 0.3) is 10.4 Å². The molecule has 0 aromatic carbocycles. The van der Waals surface area contributed by atoms with Crippen molar-refractivity contribution >= 4 is 22.2 Å². The molecule has 0 spiro atoms. The molecule has 0 aliphatic carbocycles. The molecular weight excluding hydrogens is 396 g/mol. The van der Waals surface area contributed by atoms with E-state index in [4.69, 9.17) is 4.74 Å². The fourth-order valence-electron chi connectivity index (χ4n) is 2.69. The Balaban J connectivity index is 1.66. The van der Waals surface area contributed by atoms with Gasteiger partial charge in [-0.3, -0.25) is 4.98 Å². The molecular formula is C23H26N4O2S. The van der Waals surface area contributed by atoms with Crippen molar-refractivity contribution in [2.75, 3.05) is 11.9 Å². The van der Waals surface area contributed by atoms with Crippen LogP contribution in [0.15, 0.2) is 48.7 Å². The van der Waals surface area contributed by atoms with E-state index in [-0.39, 0.29) is 6.61 Å². The number of ether oxygens (including phenoxy) is 1. The summed E-state index contributed by atoms with van der Waals surface area (Å²) in [4.78, 5) is 10.1. The minimum absolute atomic E-state index is 0.249. The number of hydrogen-bond donors (Lipinski definition) is 2. The van der Waals surface area contributed by atoms with Crippen LogP contribution in [0.5, 0.6) is 0 Å². The van der Waals surface area contributed by atoms with Crippen molar-refractivity contribution < 1.29 is 9.84 Å². The standard InChI is InChI=1S/C23H26N4O2S/c1-22(2,14-24)19-10-8-16(12-25-19)18-9-11-21(30-18)27-20-7-5-6-17(26-20)13-29-15-23(3,4)28/h5-12,28H,13,15H2,1-4H3,(H,26,27). The van der Waals surface area contributed by atoms with E-state index >= 15 is 0 Å². The maximum atomic E-state index is 9.73. The SMILES string of the molecule is CC(C)(O)COCc1cccc(Nc2ccc(-c3ccc(C(C)(C)C#N)nc3)s2)n1. The molecule has 3 heterocycles. The normalized spacial score (nSPS) is 11.9. The van der Waals surface area contributed by atoms with Crippen LogP contribution in [0.1, 0.15) is 39.1 Å². The number of nitrogens with zero attached hydrogens (tertiary/aromatic N) is 3. The maximum Gasteiger partial charge on any atom is 0.131 e. The van der Waals surface area contributed by atoms with Gasteiger partial charge in [0, 0.05) is 16.6 Å². The molecule has 156 valence electrons. The first kappa shape index (κ1) is 21.9. The van der Waals surface area contributed by atoms with Crippen LogP contribution in [0.4, 0.5) is 10.8 Å². The summed E-state index contributed by atoms with van der Waals surface area (Å²) < 4.78 is 5.53. The van der Waals surface area contributed by atoms with Gasteiger partial charge < -0.3 is 15.2 Å². The smallest absolute Gasteiger partial charge is 0.131 e. The van der Waals surface area contributed by atoms with Gasteiger partial charge >= 0.3 is 0 Å². The zero-order valence-corrected chi connectivity index (χ0v) is 18.5. The summed E-state index contributed by atoms with van der Waals surface area (Å²) in [5, 5.41) is 23.3. The number of aromatic nitrogens is 2. The third-order valence-corrected chi connectivity index (χ3v) is 5.39. The summed E-state index contributed by atoms with van der Waals surface area (Å²) >= 11 is 1.61. The highest BCUT2D eigenvalue weighted by Crippen LogP contribution is 2.33. The number of aliphatic hydroxyl groups is 1. The molecule has 3 aromatic rings. The lowest BCUT2D eigenvalue weighted by atomic mass is 9.90. The Hall–Kier alpha value is -2.79. The Kier molecular flexibility index (Phi) is 6.52. The molecule has 6 nitrogen and oxygen atoms in total. The van der Waals surface area contributed by atoms with Crippen LogP contribution in [-0.2, 0) is 16.8 Å². The molecule has 0 bridgehead atoms. The molecule has 30 heavy (non-hydrogen) atoms. The molecule has 0 unspecified atom stereocenters. The number of anilines is 2. The predicted molar refractivity (Wildman–Crippen MR) is 120 cm³/mol. The van der Waals surface area contributed by atoms with Gasteiger partial charge in [-0.2, -0.15) is 5.26 Å². The van der Waals surface area contributed by atoms with Crippen LogP contribution in [0, 0.1) is 11.3 Å². The Morgan fingerprint density at radius 2 is 1.93 bits per heavy atom. The van der Waals surface area contributed by atoms with Gasteiger partial charge in [-0.1, -0.05) is 12.1 Å². The minimum atomic E-state index is -0.860. The van der Waals surface area contributed by atoms with Crippen LogP contribution >= 0.6 is 11.3 Å². The second-order valence-electron chi connectivity index (χ2n) is 8.28. The number of nitriles is 1. The highest BCUT2D eigenvalue weighted by atomic mass is 32.1. The monoisotopic (exact) mass is 422 g/mol. The zero-order valence-electron chi connectivity index (χ0n) is 17.6. The molecule has 3 rings (SSSR count). The molecule has 0 saturated carbocycles. The Morgan fingerprint density at radius 3 is 2.60 bits per heavy atom. The van der Waals surface area contributed by atoms with E-state index in [1.165, 1.54) is 0 Å². The molecule has 0 amide bonds. The molecule has 0 saturated heterocycles. The van der Waals surface area contributed by atoms with Gasteiger partial charge in [-0.05, 0) is 58.0 Å². The van der Waals surface area contributed by atoms with Crippen LogP contribution < -0.4 is 5.32 Å². The highest BCUT2D eigenvalue weighted by Gasteiger charge is 2.21. The molecule has 3 aromatic heterocycles. The first-order valence-electron chi connectivity index (χ1n) is 9.67. The summed E-state index contributed by atoms with van der Waals surface area (Å²) in [5.74, 6) is 0.733. The average molecular weight is 423 g/mol. The van der Waals surface area contributed by atoms with E-state index in [0.717, 1.165) is 32.6 Å². The second kappa shape index (κ2) is 8.92. The van der Waals surface area contributed by atoms with Gasteiger partial charge in [0.15, 0.2) is 0 Å². The van der Waals surface area contributed by atoms with E-state index in [1.54, 1.807) is 25.2 Å². The van der Waals surface area contributed by atoms with E-state index in [0.29, 0.717) is 6.61 Å². The third kappa shape index (κ3) is 5.86. The van der Waals surface area contributed by atoms with E-state index < -0.39 is 11.0 Å². The van der Waals surface area contributed by atoms with Gasteiger partial charge in [0.1, 0.15) is 5.82 Å². The van der Waals surface area contributed by atoms with Gasteiger partial charge in [0.25, 0.3) is 0 Å². The van der Waals surface area contributed by atoms with E-state index in [9.17, 15) is 10.4 Å². The summed E-state index contributed by atoms with van der Waals surface area (Å²) in [6.07, 6.45) is 1.81. The predicted octanol–water partition coefficient (Wildman–Crippen LogP) is 5.04. The summed E-state index contributed by atoms with van der Waals surface area (Å²) in [6, 6.07) is 15.9. The second-order valence-corrected chi connectivity index (χ2v) is 9.36. The van der Waals surface area contributed by atoms with Crippen molar-refractivity contribution in [2.45, 2.75) is 45.3 Å². The highest BCUT2D eigenvalue weighted by molar-refractivity contribution is 7.19. The minimum Gasteiger partial charge on any atom is -0.388 e. The zero-order chi connectivity index (χ0) is 21.8. The lowest BCUT2D eigenvalue weighted by Gasteiger charge is -2.16. The quantitative estimate of drug-likeness (QED) is 0.529. The first-order chi connectivity index (χ1) is 14.2. The Bertz CT molecular complexity index is 1030. The fraction of sp³-hybridized carbons (Fsp3) is 0.348. The van der Waals surface area contributed by atoms with Crippen LogP contribution in [0.2, 0.25) is 0 Å². The van der Waals surface area contributed by atoms with Crippen molar-refractivity contribution in [1.82, 2.24) is 9.97 Å². The molecule has 7 heteroatoms. The lowest BCUT2D eigenvalue weighted by Crippen LogP contribution is -2.25. The Morgan fingerprint density at radius 1 is 1.13 bits per heavy atom. The van der Waals surface area contributed by atoms with Crippen molar-refractivity contribution in [1.29, 1.82) is 5.26 Å². The topological polar surface area (TPSA) is 91.1 Å². The van der Waals surface area contributed by atoms with Gasteiger partial charge in [0.2, 0.25) is 0 Å². The lowest BCUT2D eigenvalue weighted by molar-refractivity contribution is -0.0276. The van der Waals surface area contributed by atoms with Crippen molar-refractivity contribution in [3.05, 3.63) is 60.0 Å². The van der Waals surface area contributed by atoms with Crippen molar-refractivity contribution in [3.63, 3.8) is 0 Å². The van der Waals surface area contributed by atoms with Crippen molar-refractivity contribution in [3.8, 4) is 16.5 Å². The largest absolute Gasteiger partial charge is 0.388 e. The molecule has 0 atom stereocenters. The van der Waals surface area contributed by atoms with Gasteiger partial charge in [-0.25, -0.2) is 4.98 Å². The van der Waals surface area contributed by atoms with E-state index in [1.807, 2.05) is 62.5 Å². The average Bonchev–Trinajstić information content (AvgIpc) is 3.16. The number of rotatable bonds is 8. The molecule has 0 radical (unpaired) electrons. The molecule has 0 aliphatic heterocycles. The molecule has 0 aliphatic rings.